The Hall–Kier alpha value is -0.830. The number of hydrogen-bond acceptors (Lipinski definition) is 4. The lowest BCUT2D eigenvalue weighted by Crippen LogP contribution is -2.42. The molecule has 1 fully saturated rings. The summed E-state index contributed by atoms with van der Waals surface area (Å²) in [5, 5.41) is 5.57. The van der Waals surface area contributed by atoms with E-state index in [2.05, 4.69) is 46.6 Å². The second-order valence-corrected chi connectivity index (χ2v) is 7.36. The lowest BCUT2D eigenvalue weighted by atomic mass is 9.99. The highest BCUT2D eigenvalue weighted by molar-refractivity contribution is 14.0. The van der Waals surface area contributed by atoms with E-state index in [1.807, 2.05) is 0 Å². The van der Waals surface area contributed by atoms with Crippen LogP contribution in [0.1, 0.15) is 18.7 Å². The Morgan fingerprint density at radius 2 is 2.29 bits per heavy atom. The smallest absolute Gasteiger partial charge is 0.310 e. The van der Waals surface area contributed by atoms with Crippen molar-refractivity contribution < 1.29 is 9.53 Å². The Labute approximate surface area is 165 Å². The van der Waals surface area contributed by atoms with E-state index in [9.17, 15) is 4.79 Å². The van der Waals surface area contributed by atoms with Crippen molar-refractivity contribution in [2.45, 2.75) is 20.3 Å². The van der Waals surface area contributed by atoms with Gasteiger partial charge in [0.15, 0.2) is 5.96 Å². The van der Waals surface area contributed by atoms with Gasteiger partial charge in [-0.2, -0.15) is 0 Å². The van der Waals surface area contributed by atoms with Gasteiger partial charge in [0.25, 0.3) is 0 Å². The number of ether oxygens (including phenoxy) is 1. The number of nitrogens with zero attached hydrogens (tertiary/aromatic N) is 2. The number of rotatable bonds is 5. The van der Waals surface area contributed by atoms with Crippen LogP contribution in [0.2, 0.25) is 0 Å². The molecule has 0 bridgehead atoms. The largest absolute Gasteiger partial charge is 0.469 e. The first-order chi connectivity index (χ1) is 11.0. The Kier molecular flexibility index (Phi) is 9.04. The molecule has 0 spiro atoms. The molecule has 1 aliphatic heterocycles. The minimum Gasteiger partial charge on any atom is -0.469 e. The van der Waals surface area contributed by atoms with Crippen molar-refractivity contribution in [3.05, 3.63) is 22.4 Å². The topological polar surface area (TPSA) is 53.9 Å². The van der Waals surface area contributed by atoms with Crippen LogP contribution < -0.4 is 5.32 Å². The van der Waals surface area contributed by atoms with E-state index in [1.165, 1.54) is 12.0 Å². The highest BCUT2D eigenvalue weighted by Crippen LogP contribution is 2.24. The van der Waals surface area contributed by atoms with Crippen LogP contribution in [0.3, 0.4) is 0 Å². The second kappa shape index (κ2) is 10.2. The molecule has 3 atom stereocenters. The second-order valence-electron chi connectivity index (χ2n) is 6.33. The summed E-state index contributed by atoms with van der Waals surface area (Å²) in [6, 6.07) is 4.27. The molecule has 1 aliphatic rings. The summed E-state index contributed by atoms with van der Waals surface area (Å²) in [4.78, 5) is 19.8. The molecule has 0 radical (unpaired) electrons. The molecule has 1 aromatic rings. The zero-order valence-electron chi connectivity index (χ0n) is 14.8. The third-order valence-corrected chi connectivity index (χ3v) is 5.26. The molecule has 5 nitrogen and oxygen atoms in total. The van der Waals surface area contributed by atoms with Crippen LogP contribution in [0, 0.1) is 17.8 Å². The predicted molar refractivity (Wildman–Crippen MR) is 110 cm³/mol. The zero-order valence-corrected chi connectivity index (χ0v) is 18.0. The van der Waals surface area contributed by atoms with Gasteiger partial charge in [-0.3, -0.25) is 9.79 Å². The highest BCUT2D eigenvalue weighted by atomic mass is 127. The number of carbonyl (C=O) groups is 1. The van der Waals surface area contributed by atoms with Gasteiger partial charge in [0.05, 0.1) is 13.0 Å². The molecule has 0 aromatic carbocycles. The SMILES string of the molecule is CN=C(NCC(C)Cc1cccs1)N1CC(C)C(C(=O)OC)C1.I. The average molecular weight is 465 g/mol. The van der Waals surface area contributed by atoms with E-state index < -0.39 is 0 Å². The van der Waals surface area contributed by atoms with Crippen LogP contribution >= 0.6 is 35.3 Å². The minimum absolute atomic E-state index is 0. The molecule has 7 heteroatoms. The van der Waals surface area contributed by atoms with E-state index in [1.54, 1.807) is 18.4 Å². The van der Waals surface area contributed by atoms with Crippen LogP contribution in [0.4, 0.5) is 0 Å². The van der Waals surface area contributed by atoms with Crippen molar-refractivity contribution in [1.29, 1.82) is 0 Å². The van der Waals surface area contributed by atoms with E-state index >= 15 is 0 Å². The van der Waals surface area contributed by atoms with Gasteiger partial charge in [-0.25, -0.2) is 0 Å². The number of likely N-dealkylation sites (tertiary alicyclic amines) is 1. The molecule has 0 aliphatic carbocycles. The molecular weight excluding hydrogens is 437 g/mol. The fraction of sp³-hybridized carbons (Fsp3) is 0.647. The summed E-state index contributed by atoms with van der Waals surface area (Å²) in [6.45, 7) is 6.71. The van der Waals surface area contributed by atoms with Gasteiger partial charge in [0, 0.05) is 31.6 Å². The number of carbonyl (C=O) groups excluding carboxylic acids is 1. The summed E-state index contributed by atoms with van der Waals surface area (Å²) < 4.78 is 4.90. The first-order valence-electron chi connectivity index (χ1n) is 8.11. The number of halogens is 1. The van der Waals surface area contributed by atoms with Gasteiger partial charge in [0.2, 0.25) is 0 Å². The maximum atomic E-state index is 11.8. The average Bonchev–Trinajstić information content (AvgIpc) is 3.17. The molecule has 24 heavy (non-hydrogen) atoms. The van der Waals surface area contributed by atoms with E-state index in [0.29, 0.717) is 12.5 Å². The number of thiophene rings is 1. The predicted octanol–water partition coefficient (Wildman–Crippen LogP) is 2.86. The van der Waals surface area contributed by atoms with Crippen molar-refractivity contribution >= 4 is 47.2 Å². The molecule has 2 heterocycles. The molecule has 1 N–H and O–H groups in total. The summed E-state index contributed by atoms with van der Waals surface area (Å²) in [6.07, 6.45) is 1.07. The number of nitrogens with one attached hydrogen (secondary N) is 1. The van der Waals surface area contributed by atoms with Gasteiger partial charge in [-0.1, -0.05) is 19.9 Å². The van der Waals surface area contributed by atoms with Crippen LogP contribution in [-0.2, 0) is 16.0 Å². The molecule has 0 amide bonds. The van der Waals surface area contributed by atoms with Crippen molar-refractivity contribution in [1.82, 2.24) is 10.2 Å². The maximum Gasteiger partial charge on any atom is 0.310 e. The minimum atomic E-state index is -0.124. The molecular formula is C17H28IN3O2S. The number of aliphatic imine (C=N–C) groups is 1. The van der Waals surface area contributed by atoms with E-state index in [4.69, 9.17) is 4.74 Å². The van der Waals surface area contributed by atoms with E-state index in [0.717, 1.165) is 25.5 Å². The Morgan fingerprint density at radius 3 is 2.88 bits per heavy atom. The fourth-order valence-electron chi connectivity index (χ4n) is 3.04. The van der Waals surface area contributed by atoms with Crippen molar-refractivity contribution in [2.75, 3.05) is 33.8 Å². The molecule has 136 valence electrons. The molecule has 1 aromatic heterocycles. The normalized spacial score (nSPS) is 22.0. The van der Waals surface area contributed by atoms with Crippen molar-refractivity contribution in [3.63, 3.8) is 0 Å². The lowest BCUT2D eigenvalue weighted by molar-refractivity contribution is -0.145. The third-order valence-electron chi connectivity index (χ3n) is 4.37. The lowest BCUT2D eigenvalue weighted by Gasteiger charge is -2.23. The van der Waals surface area contributed by atoms with Crippen molar-refractivity contribution in [3.8, 4) is 0 Å². The fourth-order valence-corrected chi connectivity index (χ4v) is 3.91. The van der Waals surface area contributed by atoms with Gasteiger partial charge in [-0.15, -0.1) is 35.3 Å². The third kappa shape index (κ3) is 5.61. The maximum absolute atomic E-state index is 11.8. The molecule has 3 unspecified atom stereocenters. The quantitative estimate of drug-likeness (QED) is 0.315. The Morgan fingerprint density at radius 1 is 1.54 bits per heavy atom. The summed E-state index contributed by atoms with van der Waals surface area (Å²) in [7, 11) is 3.25. The molecule has 1 saturated heterocycles. The van der Waals surface area contributed by atoms with Crippen LogP contribution in [-0.4, -0.2) is 50.6 Å². The summed E-state index contributed by atoms with van der Waals surface area (Å²) in [5.41, 5.74) is 0. The van der Waals surface area contributed by atoms with Gasteiger partial charge in [0.1, 0.15) is 0 Å². The van der Waals surface area contributed by atoms with Crippen LogP contribution in [0.15, 0.2) is 22.5 Å². The van der Waals surface area contributed by atoms with Gasteiger partial charge < -0.3 is 15.0 Å². The summed E-state index contributed by atoms with van der Waals surface area (Å²) in [5.74, 6) is 1.50. The Balaban J connectivity index is 0.00000288. The van der Waals surface area contributed by atoms with Crippen molar-refractivity contribution in [2.24, 2.45) is 22.7 Å². The molecule has 0 saturated carbocycles. The van der Waals surface area contributed by atoms with Crippen LogP contribution in [0.25, 0.3) is 0 Å². The standard InChI is InChI=1S/C17H27N3O2S.HI/c1-12(8-14-6-5-7-23-14)9-19-17(18-3)20-10-13(2)15(11-20)16(21)22-4;/h5-7,12-13,15H,8-11H2,1-4H3,(H,18,19);1H. The van der Waals surface area contributed by atoms with E-state index in [-0.39, 0.29) is 41.8 Å². The number of hydrogen-bond donors (Lipinski definition) is 1. The molecule has 2 rings (SSSR count). The van der Waals surface area contributed by atoms with Gasteiger partial charge >= 0.3 is 5.97 Å². The number of guanidine groups is 1. The number of methoxy groups -OCH3 is 1. The van der Waals surface area contributed by atoms with Crippen LogP contribution in [0.5, 0.6) is 0 Å². The zero-order chi connectivity index (χ0) is 16.8. The first-order valence-corrected chi connectivity index (χ1v) is 8.99. The summed E-state index contributed by atoms with van der Waals surface area (Å²) >= 11 is 1.80. The monoisotopic (exact) mass is 465 g/mol. The number of esters is 1. The first kappa shape index (κ1) is 21.2. The Bertz CT molecular complexity index is 536. The highest BCUT2D eigenvalue weighted by Gasteiger charge is 2.36. The van der Waals surface area contributed by atoms with Gasteiger partial charge in [-0.05, 0) is 29.7 Å².